The molecule has 0 aromatic carbocycles. The SMILES string of the molecule is CC(C)Cc1ncc(C(C)O)o1. The molecule has 68 valence electrons. The molecule has 1 rings (SSSR count). The number of aromatic nitrogens is 1. The van der Waals surface area contributed by atoms with Crippen LogP contribution in [-0.4, -0.2) is 10.1 Å². The Morgan fingerprint density at radius 2 is 2.17 bits per heavy atom. The fourth-order valence-electron chi connectivity index (χ4n) is 0.961. The van der Waals surface area contributed by atoms with Gasteiger partial charge in [0.2, 0.25) is 0 Å². The first-order valence-corrected chi connectivity index (χ1v) is 4.22. The zero-order valence-corrected chi connectivity index (χ0v) is 7.74. The van der Waals surface area contributed by atoms with Gasteiger partial charge >= 0.3 is 0 Å². The molecule has 0 saturated carbocycles. The predicted octanol–water partition coefficient (Wildman–Crippen LogP) is 1.93. The molecule has 0 spiro atoms. The lowest BCUT2D eigenvalue weighted by molar-refractivity contribution is 0.166. The van der Waals surface area contributed by atoms with Crippen molar-refractivity contribution in [1.82, 2.24) is 4.98 Å². The van der Waals surface area contributed by atoms with Gasteiger partial charge < -0.3 is 9.52 Å². The molecule has 0 fully saturated rings. The maximum atomic E-state index is 9.14. The van der Waals surface area contributed by atoms with Crippen LogP contribution in [0.25, 0.3) is 0 Å². The molecule has 3 nitrogen and oxygen atoms in total. The van der Waals surface area contributed by atoms with E-state index in [2.05, 4.69) is 18.8 Å². The molecule has 0 aliphatic carbocycles. The molecule has 1 aromatic heterocycles. The van der Waals surface area contributed by atoms with E-state index in [1.54, 1.807) is 13.1 Å². The first kappa shape index (κ1) is 9.26. The van der Waals surface area contributed by atoms with E-state index >= 15 is 0 Å². The second-order valence-electron chi connectivity index (χ2n) is 3.43. The van der Waals surface area contributed by atoms with Crippen molar-refractivity contribution in [1.29, 1.82) is 0 Å². The minimum Gasteiger partial charge on any atom is -0.443 e. The maximum Gasteiger partial charge on any atom is 0.194 e. The minimum atomic E-state index is -0.557. The van der Waals surface area contributed by atoms with Gasteiger partial charge in [0.25, 0.3) is 0 Å². The Morgan fingerprint density at radius 3 is 2.58 bits per heavy atom. The maximum absolute atomic E-state index is 9.14. The summed E-state index contributed by atoms with van der Waals surface area (Å²) < 4.78 is 5.29. The summed E-state index contributed by atoms with van der Waals surface area (Å²) in [5.41, 5.74) is 0. The number of rotatable bonds is 3. The van der Waals surface area contributed by atoms with Crippen molar-refractivity contribution in [2.45, 2.75) is 33.3 Å². The highest BCUT2D eigenvalue weighted by Gasteiger charge is 2.09. The van der Waals surface area contributed by atoms with E-state index in [9.17, 15) is 0 Å². The van der Waals surface area contributed by atoms with E-state index in [0.717, 1.165) is 6.42 Å². The number of nitrogens with zero attached hydrogens (tertiary/aromatic N) is 1. The third kappa shape index (κ3) is 2.34. The number of hydrogen-bond donors (Lipinski definition) is 1. The summed E-state index contributed by atoms with van der Waals surface area (Å²) in [7, 11) is 0. The standard InChI is InChI=1S/C9H15NO2/c1-6(2)4-9-10-5-8(12-9)7(3)11/h5-7,11H,4H2,1-3H3. The van der Waals surface area contributed by atoms with Crippen molar-refractivity contribution in [2.75, 3.05) is 0 Å². The van der Waals surface area contributed by atoms with E-state index in [4.69, 9.17) is 9.52 Å². The number of oxazole rings is 1. The summed E-state index contributed by atoms with van der Waals surface area (Å²) in [6, 6.07) is 0. The molecular formula is C9H15NO2. The summed E-state index contributed by atoms with van der Waals surface area (Å²) in [5, 5.41) is 9.14. The van der Waals surface area contributed by atoms with Crippen LogP contribution in [0.15, 0.2) is 10.6 Å². The van der Waals surface area contributed by atoms with Gasteiger partial charge in [-0.05, 0) is 12.8 Å². The molecule has 1 heterocycles. The Morgan fingerprint density at radius 1 is 1.50 bits per heavy atom. The summed E-state index contributed by atoms with van der Waals surface area (Å²) in [6.45, 7) is 5.87. The highest BCUT2D eigenvalue weighted by molar-refractivity contribution is 4.97. The van der Waals surface area contributed by atoms with Crippen molar-refractivity contribution in [2.24, 2.45) is 5.92 Å². The normalized spacial score (nSPS) is 13.8. The van der Waals surface area contributed by atoms with E-state index in [-0.39, 0.29) is 0 Å². The third-order valence-electron chi connectivity index (χ3n) is 1.57. The van der Waals surface area contributed by atoms with Crippen LogP contribution in [0, 0.1) is 5.92 Å². The van der Waals surface area contributed by atoms with Crippen molar-refractivity contribution in [3.05, 3.63) is 17.8 Å². The van der Waals surface area contributed by atoms with Crippen LogP contribution >= 0.6 is 0 Å². The molecule has 1 N–H and O–H groups in total. The summed E-state index contributed by atoms with van der Waals surface area (Å²) in [5.74, 6) is 1.79. The molecule has 0 aliphatic rings. The zero-order chi connectivity index (χ0) is 9.14. The Kier molecular flexibility index (Phi) is 2.87. The van der Waals surface area contributed by atoms with Crippen LogP contribution in [0.2, 0.25) is 0 Å². The van der Waals surface area contributed by atoms with Gasteiger partial charge in [-0.15, -0.1) is 0 Å². The molecular weight excluding hydrogens is 154 g/mol. The van der Waals surface area contributed by atoms with Crippen LogP contribution in [-0.2, 0) is 6.42 Å². The van der Waals surface area contributed by atoms with Crippen molar-refractivity contribution >= 4 is 0 Å². The lowest BCUT2D eigenvalue weighted by Gasteiger charge is -1.99. The Labute approximate surface area is 72.4 Å². The summed E-state index contributed by atoms with van der Waals surface area (Å²) in [6.07, 6.45) is 1.85. The quantitative estimate of drug-likeness (QED) is 0.752. The van der Waals surface area contributed by atoms with Crippen LogP contribution in [0.4, 0.5) is 0 Å². The molecule has 1 aromatic rings. The molecule has 0 aliphatic heterocycles. The van der Waals surface area contributed by atoms with Gasteiger partial charge in [-0.2, -0.15) is 0 Å². The molecule has 1 unspecified atom stereocenters. The first-order valence-electron chi connectivity index (χ1n) is 4.22. The lowest BCUT2D eigenvalue weighted by atomic mass is 10.1. The van der Waals surface area contributed by atoms with E-state index < -0.39 is 6.10 Å². The smallest absolute Gasteiger partial charge is 0.194 e. The Balaban J connectivity index is 2.64. The fourth-order valence-corrected chi connectivity index (χ4v) is 0.961. The second-order valence-corrected chi connectivity index (χ2v) is 3.43. The highest BCUT2D eigenvalue weighted by Crippen LogP contribution is 2.14. The third-order valence-corrected chi connectivity index (χ3v) is 1.57. The number of aliphatic hydroxyl groups excluding tert-OH is 1. The highest BCUT2D eigenvalue weighted by atomic mass is 16.4. The van der Waals surface area contributed by atoms with Gasteiger partial charge in [-0.3, -0.25) is 0 Å². The van der Waals surface area contributed by atoms with Gasteiger partial charge in [0, 0.05) is 6.42 Å². The Bertz CT molecular complexity index is 240. The molecule has 3 heteroatoms. The van der Waals surface area contributed by atoms with Crippen LogP contribution in [0.3, 0.4) is 0 Å². The number of hydrogen-bond acceptors (Lipinski definition) is 3. The molecule has 0 radical (unpaired) electrons. The molecule has 1 atom stereocenters. The Hall–Kier alpha value is -0.830. The average Bonchev–Trinajstić information content (AvgIpc) is 2.34. The van der Waals surface area contributed by atoms with Gasteiger partial charge in [0.1, 0.15) is 6.10 Å². The molecule has 0 amide bonds. The van der Waals surface area contributed by atoms with Gasteiger partial charge in [0.15, 0.2) is 11.7 Å². The topological polar surface area (TPSA) is 46.3 Å². The monoisotopic (exact) mass is 169 g/mol. The largest absolute Gasteiger partial charge is 0.443 e. The fraction of sp³-hybridized carbons (Fsp3) is 0.667. The van der Waals surface area contributed by atoms with Crippen molar-refractivity contribution in [3.63, 3.8) is 0 Å². The number of aliphatic hydroxyl groups is 1. The van der Waals surface area contributed by atoms with Crippen LogP contribution < -0.4 is 0 Å². The van der Waals surface area contributed by atoms with Gasteiger partial charge in [-0.25, -0.2) is 4.98 Å². The summed E-state index contributed by atoms with van der Waals surface area (Å²) >= 11 is 0. The van der Waals surface area contributed by atoms with Crippen molar-refractivity contribution in [3.8, 4) is 0 Å². The van der Waals surface area contributed by atoms with E-state index in [1.165, 1.54) is 0 Å². The first-order chi connectivity index (χ1) is 5.59. The average molecular weight is 169 g/mol. The van der Waals surface area contributed by atoms with E-state index in [0.29, 0.717) is 17.6 Å². The lowest BCUT2D eigenvalue weighted by Crippen LogP contribution is -1.93. The van der Waals surface area contributed by atoms with Crippen molar-refractivity contribution < 1.29 is 9.52 Å². The van der Waals surface area contributed by atoms with Gasteiger partial charge in [0.05, 0.1) is 6.20 Å². The molecule has 0 saturated heterocycles. The molecule has 12 heavy (non-hydrogen) atoms. The van der Waals surface area contributed by atoms with Crippen LogP contribution in [0.5, 0.6) is 0 Å². The minimum absolute atomic E-state index is 0.533. The zero-order valence-electron chi connectivity index (χ0n) is 7.74. The summed E-state index contributed by atoms with van der Waals surface area (Å²) in [4.78, 5) is 4.05. The second kappa shape index (κ2) is 3.72. The van der Waals surface area contributed by atoms with Crippen LogP contribution in [0.1, 0.15) is 38.5 Å². The predicted molar refractivity (Wildman–Crippen MR) is 45.7 cm³/mol. The van der Waals surface area contributed by atoms with Gasteiger partial charge in [-0.1, -0.05) is 13.8 Å². The van der Waals surface area contributed by atoms with E-state index in [1.807, 2.05) is 0 Å². The molecule has 0 bridgehead atoms.